The molecule has 12 heteroatoms. The van der Waals surface area contributed by atoms with Gasteiger partial charge in [0.05, 0.1) is 17.4 Å². The van der Waals surface area contributed by atoms with Gasteiger partial charge in [-0.25, -0.2) is 19.2 Å². The van der Waals surface area contributed by atoms with Crippen LogP contribution in [-0.4, -0.2) is 63.9 Å². The highest BCUT2D eigenvalue weighted by Crippen LogP contribution is 2.29. The van der Waals surface area contributed by atoms with E-state index in [0.717, 1.165) is 25.1 Å². The van der Waals surface area contributed by atoms with Gasteiger partial charge in [-0.15, -0.1) is 11.3 Å². The van der Waals surface area contributed by atoms with Crippen molar-refractivity contribution < 1.29 is 23.8 Å². The maximum absolute atomic E-state index is 15.0. The molecule has 0 aliphatic carbocycles. The first-order chi connectivity index (χ1) is 16.8. The molecule has 10 nitrogen and oxygen atoms in total. The molecular weight excluding hydrogens is 477 g/mol. The number of halogens is 1. The monoisotopic (exact) mass is 501 g/mol. The van der Waals surface area contributed by atoms with Crippen LogP contribution in [0, 0.1) is 17.7 Å². The SMILES string of the molecule is CC1CCOC(CNC(=O)C2CN(c3nc4c(cc3F)c(=O)c(C(=O)O)cn4-c3nccs3)C2)C1. The van der Waals surface area contributed by atoms with Crippen LogP contribution in [0.5, 0.6) is 0 Å². The van der Waals surface area contributed by atoms with Crippen LogP contribution in [-0.2, 0) is 9.53 Å². The average molecular weight is 502 g/mol. The van der Waals surface area contributed by atoms with E-state index in [1.807, 2.05) is 0 Å². The predicted octanol–water partition coefficient (Wildman–Crippen LogP) is 2.05. The standard InChI is InChI=1S/C23H24FN5O5S/c1-12-2-4-34-14(6-12)8-26-21(31)13-9-28(10-13)20-17(24)7-15-18(30)16(22(32)33)11-29(19(15)27-20)23-25-3-5-35-23/h3,5,7,11-14H,2,4,6,8-10H2,1H3,(H,26,31)(H,32,33). The molecule has 0 spiro atoms. The zero-order valence-corrected chi connectivity index (χ0v) is 19.8. The smallest absolute Gasteiger partial charge is 0.341 e. The number of ether oxygens (including phenoxy) is 1. The minimum Gasteiger partial charge on any atom is -0.477 e. The molecule has 2 fully saturated rings. The van der Waals surface area contributed by atoms with Crippen molar-refractivity contribution in [2.24, 2.45) is 11.8 Å². The molecule has 2 saturated heterocycles. The number of thiazole rings is 1. The minimum atomic E-state index is -1.42. The second-order valence-electron chi connectivity index (χ2n) is 9.00. The number of carbonyl (C=O) groups is 2. The minimum absolute atomic E-state index is 0.00114. The van der Waals surface area contributed by atoms with Gasteiger partial charge < -0.3 is 20.1 Å². The van der Waals surface area contributed by atoms with Crippen LogP contribution in [0.3, 0.4) is 0 Å². The van der Waals surface area contributed by atoms with Crippen molar-refractivity contribution >= 4 is 40.1 Å². The fraction of sp³-hybridized carbons (Fsp3) is 0.435. The third-order valence-electron chi connectivity index (χ3n) is 6.45. The van der Waals surface area contributed by atoms with E-state index in [-0.39, 0.29) is 47.9 Å². The number of nitrogens with zero attached hydrogens (tertiary/aromatic N) is 4. The van der Waals surface area contributed by atoms with Crippen molar-refractivity contribution in [2.75, 3.05) is 31.1 Å². The van der Waals surface area contributed by atoms with E-state index < -0.39 is 22.8 Å². The van der Waals surface area contributed by atoms with E-state index in [1.54, 1.807) is 10.3 Å². The Morgan fingerprint density at radius 2 is 2.17 bits per heavy atom. The van der Waals surface area contributed by atoms with Gasteiger partial charge >= 0.3 is 5.97 Å². The van der Waals surface area contributed by atoms with Gasteiger partial charge in [0.1, 0.15) is 5.56 Å². The number of aromatic carboxylic acids is 1. The summed E-state index contributed by atoms with van der Waals surface area (Å²) in [7, 11) is 0. The normalized spacial score (nSPS) is 20.6. The highest BCUT2D eigenvalue weighted by molar-refractivity contribution is 7.12. The molecule has 2 unspecified atom stereocenters. The zero-order valence-electron chi connectivity index (χ0n) is 18.9. The highest BCUT2D eigenvalue weighted by atomic mass is 32.1. The lowest BCUT2D eigenvalue weighted by Gasteiger charge is -2.39. The van der Waals surface area contributed by atoms with Crippen LogP contribution in [0.1, 0.15) is 30.1 Å². The maximum Gasteiger partial charge on any atom is 0.341 e. The molecule has 2 N–H and O–H groups in total. The topological polar surface area (TPSA) is 127 Å². The van der Waals surface area contributed by atoms with Crippen molar-refractivity contribution in [1.82, 2.24) is 19.9 Å². The first kappa shape index (κ1) is 23.4. The summed E-state index contributed by atoms with van der Waals surface area (Å²) in [5.74, 6) is -2.04. The van der Waals surface area contributed by atoms with E-state index in [9.17, 15) is 19.5 Å². The third kappa shape index (κ3) is 4.50. The van der Waals surface area contributed by atoms with Crippen molar-refractivity contribution in [1.29, 1.82) is 0 Å². The van der Waals surface area contributed by atoms with Gasteiger partial charge in [0, 0.05) is 44.0 Å². The highest BCUT2D eigenvalue weighted by Gasteiger charge is 2.36. The maximum atomic E-state index is 15.0. The Balaban J connectivity index is 1.36. The number of carboxylic acids is 1. The number of pyridine rings is 2. The molecule has 5 heterocycles. The third-order valence-corrected chi connectivity index (χ3v) is 7.22. The molecule has 2 aliphatic rings. The molecule has 35 heavy (non-hydrogen) atoms. The van der Waals surface area contributed by atoms with Gasteiger partial charge in [0.25, 0.3) is 0 Å². The van der Waals surface area contributed by atoms with Crippen LogP contribution >= 0.6 is 11.3 Å². The van der Waals surface area contributed by atoms with Gasteiger partial charge in [-0.2, -0.15) is 0 Å². The Kier molecular flexibility index (Phi) is 6.24. The molecule has 2 aliphatic heterocycles. The van der Waals surface area contributed by atoms with Gasteiger partial charge in [0.15, 0.2) is 22.4 Å². The molecule has 3 aromatic heterocycles. The molecule has 0 aromatic carbocycles. The number of hydrogen-bond acceptors (Lipinski definition) is 8. The largest absolute Gasteiger partial charge is 0.477 e. The quantitative estimate of drug-likeness (QED) is 0.526. The van der Waals surface area contributed by atoms with Crippen LogP contribution in [0.4, 0.5) is 10.2 Å². The van der Waals surface area contributed by atoms with Crippen LogP contribution in [0.15, 0.2) is 28.6 Å². The summed E-state index contributed by atoms with van der Waals surface area (Å²) in [4.78, 5) is 47.0. The number of aromatic nitrogens is 3. The van der Waals surface area contributed by atoms with Crippen molar-refractivity contribution in [2.45, 2.75) is 25.9 Å². The van der Waals surface area contributed by atoms with Crippen LogP contribution in [0.25, 0.3) is 16.2 Å². The number of carbonyl (C=O) groups excluding carboxylic acids is 1. The molecule has 3 aromatic rings. The number of nitrogens with one attached hydrogen (secondary N) is 1. The van der Waals surface area contributed by atoms with Crippen LogP contribution < -0.4 is 15.6 Å². The number of rotatable bonds is 6. The molecule has 0 radical (unpaired) electrons. The number of anilines is 1. The van der Waals surface area contributed by atoms with E-state index in [2.05, 4.69) is 22.2 Å². The van der Waals surface area contributed by atoms with Crippen molar-refractivity contribution in [3.05, 3.63) is 45.4 Å². The summed E-state index contributed by atoms with van der Waals surface area (Å²) in [6, 6.07) is 1.01. The Bertz CT molecular complexity index is 1340. The van der Waals surface area contributed by atoms with Gasteiger partial charge in [-0.3, -0.25) is 14.2 Å². The summed E-state index contributed by atoms with van der Waals surface area (Å²) in [5.41, 5.74) is -1.22. The average Bonchev–Trinajstić information content (AvgIpc) is 3.32. The van der Waals surface area contributed by atoms with E-state index in [0.29, 0.717) is 24.2 Å². The predicted molar refractivity (Wildman–Crippen MR) is 127 cm³/mol. The Morgan fingerprint density at radius 1 is 1.37 bits per heavy atom. The summed E-state index contributed by atoms with van der Waals surface area (Å²) in [5, 5.41) is 14.3. The fourth-order valence-electron chi connectivity index (χ4n) is 4.46. The Labute approximate surface area is 203 Å². The molecular formula is C23H24FN5O5S. The zero-order chi connectivity index (χ0) is 24.7. The first-order valence-corrected chi connectivity index (χ1v) is 12.2. The lowest BCUT2D eigenvalue weighted by atomic mass is 9.96. The number of amides is 1. The van der Waals surface area contributed by atoms with Gasteiger partial charge in [0.2, 0.25) is 11.3 Å². The molecule has 0 saturated carbocycles. The van der Waals surface area contributed by atoms with E-state index in [4.69, 9.17) is 4.74 Å². The lowest BCUT2D eigenvalue weighted by Crippen LogP contribution is -2.55. The summed E-state index contributed by atoms with van der Waals surface area (Å²) < 4.78 is 22.1. The number of carboxylic acid groups (broad SMARTS) is 1. The van der Waals surface area contributed by atoms with E-state index >= 15 is 4.39 Å². The van der Waals surface area contributed by atoms with Gasteiger partial charge in [-0.1, -0.05) is 6.92 Å². The summed E-state index contributed by atoms with van der Waals surface area (Å²) in [6.45, 7) is 3.87. The van der Waals surface area contributed by atoms with Crippen LogP contribution in [0.2, 0.25) is 0 Å². The van der Waals surface area contributed by atoms with Crippen molar-refractivity contribution in [3.8, 4) is 5.13 Å². The molecule has 1 amide bonds. The molecule has 0 bridgehead atoms. The molecule has 184 valence electrons. The first-order valence-electron chi connectivity index (χ1n) is 11.3. The fourth-order valence-corrected chi connectivity index (χ4v) is 5.08. The summed E-state index contributed by atoms with van der Waals surface area (Å²) in [6.07, 6.45) is 4.64. The number of fused-ring (bicyclic) bond motifs is 1. The Morgan fingerprint density at radius 3 is 2.86 bits per heavy atom. The Hall–Kier alpha value is -3.38. The van der Waals surface area contributed by atoms with Gasteiger partial charge in [-0.05, 0) is 24.8 Å². The molecule has 2 atom stereocenters. The van der Waals surface area contributed by atoms with Crippen molar-refractivity contribution in [3.63, 3.8) is 0 Å². The molecule has 5 rings (SSSR count). The summed E-state index contributed by atoms with van der Waals surface area (Å²) >= 11 is 1.22. The second-order valence-corrected chi connectivity index (χ2v) is 9.87. The van der Waals surface area contributed by atoms with E-state index in [1.165, 1.54) is 22.1 Å². The lowest BCUT2D eigenvalue weighted by molar-refractivity contribution is -0.126. The number of hydrogen-bond donors (Lipinski definition) is 2. The second kappa shape index (κ2) is 9.34.